The van der Waals surface area contributed by atoms with Gasteiger partial charge in [-0.3, -0.25) is 0 Å². The molecule has 0 amide bonds. The highest BCUT2D eigenvalue weighted by molar-refractivity contribution is 9.11. The number of phenolic OH excluding ortho intramolecular Hbond substituents is 1. The van der Waals surface area contributed by atoms with E-state index in [9.17, 15) is 10.4 Å². The zero-order valence-electron chi connectivity index (χ0n) is 16.2. The van der Waals surface area contributed by atoms with Crippen LogP contribution in [0.2, 0.25) is 10.0 Å². The van der Waals surface area contributed by atoms with Gasteiger partial charge in [0, 0.05) is 27.2 Å². The van der Waals surface area contributed by atoms with Gasteiger partial charge in [-0.15, -0.1) is 0 Å². The first-order valence-corrected chi connectivity index (χ1v) is 11.6. The number of hydrogen-bond acceptors (Lipinski definition) is 5. The number of phenols is 1. The maximum absolute atomic E-state index is 9.82. The first-order valence-electron chi connectivity index (χ1n) is 9.24. The summed E-state index contributed by atoms with van der Waals surface area (Å²) >= 11 is 19.3. The summed E-state index contributed by atoms with van der Waals surface area (Å²) in [5.74, 6) is 0.546. The number of fused-ring (bicyclic) bond motifs is 1. The molecule has 162 valence electrons. The first kappa shape index (κ1) is 22.8. The van der Waals surface area contributed by atoms with Gasteiger partial charge in [-0.2, -0.15) is 5.26 Å². The lowest BCUT2D eigenvalue weighted by molar-refractivity contribution is 0.302. The molecule has 9 heteroatoms. The van der Waals surface area contributed by atoms with E-state index in [1.165, 1.54) is 6.07 Å². The fourth-order valence-electron chi connectivity index (χ4n) is 3.46. The van der Waals surface area contributed by atoms with Crippen molar-refractivity contribution < 1.29 is 14.6 Å². The zero-order valence-corrected chi connectivity index (χ0v) is 20.9. The molecule has 0 saturated carbocycles. The molecular weight excluding hydrogens is 583 g/mol. The highest BCUT2D eigenvalue weighted by Gasteiger charge is 2.31. The third-order valence-corrected chi connectivity index (χ3v) is 6.71. The molecule has 0 aliphatic carbocycles. The van der Waals surface area contributed by atoms with Crippen molar-refractivity contribution in [2.45, 2.75) is 12.5 Å². The third kappa shape index (κ3) is 4.41. The lowest BCUT2D eigenvalue weighted by Gasteiger charge is -2.27. The molecule has 0 bridgehead atoms. The molecule has 0 unspecified atom stereocenters. The van der Waals surface area contributed by atoms with E-state index >= 15 is 0 Å². The summed E-state index contributed by atoms with van der Waals surface area (Å²) in [4.78, 5) is 0. The number of nitrogens with two attached hydrogens (primary N) is 1. The number of halogens is 4. The molecule has 3 aromatic carbocycles. The molecule has 1 aliphatic rings. The molecule has 5 nitrogen and oxygen atoms in total. The Morgan fingerprint density at radius 2 is 1.81 bits per heavy atom. The van der Waals surface area contributed by atoms with Crippen LogP contribution in [-0.4, -0.2) is 5.11 Å². The van der Waals surface area contributed by atoms with Gasteiger partial charge in [0.2, 0.25) is 5.88 Å². The average molecular weight is 597 g/mol. The molecule has 1 heterocycles. The van der Waals surface area contributed by atoms with E-state index in [1.807, 2.05) is 18.2 Å². The quantitative estimate of drug-likeness (QED) is 0.338. The molecule has 1 atom stereocenters. The van der Waals surface area contributed by atoms with Crippen molar-refractivity contribution in [3.05, 3.63) is 95.7 Å². The number of hydrogen-bond donors (Lipinski definition) is 2. The molecule has 0 spiro atoms. The molecule has 32 heavy (non-hydrogen) atoms. The standard InChI is InChI=1S/C23H14Br2Cl2N2O3/c24-17-5-12(6-18(25)22(17)31-10-11-1-2-13(26)7-19(11)27)21-15-4-3-14(30)8-20(15)32-23(29)16(21)9-28/h1-8,21,30H,10,29H2/t21-/m0/s1. The molecule has 3 N–H and O–H groups in total. The highest BCUT2D eigenvalue weighted by Crippen LogP contribution is 2.46. The van der Waals surface area contributed by atoms with Crippen molar-refractivity contribution in [1.29, 1.82) is 5.26 Å². The smallest absolute Gasteiger partial charge is 0.205 e. The SMILES string of the molecule is N#CC1=C(N)Oc2cc(O)ccc2[C@@H]1c1cc(Br)c(OCc2ccc(Cl)cc2Cl)c(Br)c1. The van der Waals surface area contributed by atoms with Crippen LogP contribution in [0.25, 0.3) is 0 Å². The Labute approximate surface area is 211 Å². The number of nitriles is 1. The molecule has 0 aromatic heterocycles. The van der Waals surface area contributed by atoms with Crippen molar-refractivity contribution >= 4 is 55.1 Å². The van der Waals surface area contributed by atoms with Gasteiger partial charge in [-0.1, -0.05) is 35.3 Å². The summed E-state index contributed by atoms with van der Waals surface area (Å²) in [6, 6.07) is 15.8. The predicted molar refractivity (Wildman–Crippen MR) is 130 cm³/mol. The molecule has 0 fully saturated rings. The second-order valence-electron chi connectivity index (χ2n) is 6.99. The van der Waals surface area contributed by atoms with Gasteiger partial charge in [0.15, 0.2) is 0 Å². The highest BCUT2D eigenvalue weighted by atomic mass is 79.9. The second kappa shape index (κ2) is 9.24. The fraction of sp³-hybridized carbons (Fsp3) is 0.0870. The lowest BCUT2D eigenvalue weighted by Crippen LogP contribution is -2.21. The number of nitrogens with zero attached hydrogens (tertiary/aromatic N) is 1. The molecule has 0 saturated heterocycles. The Balaban J connectivity index is 1.71. The Morgan fingerprint density at radius 1 is 1.09 bits per heavy atom. The van der Waals surface area contributed by atoms with Gasteiger partial charge in [0.1, 0.15) is 35.5 Å². The van der Waals surface area contributed by atoms with E-state index in [1.54, 1.807) is 24.3 Å². The van der Waals surface area contributed by atoms with Gasteiger partial charge >= 0.3 is 0 Å². The van der Waals surface area contributed by atoms with Crippen LogP contribution in [0.5, 0.6) is 17.2 Å². The van der Waals surface area contributed by atoms with Crippen molar-refractivity contribution in [1.82, 2.24) is 0 Å². The molecule has 4 rings (SSSR count). The van der Waals surface area contributed by atoms with Gasteiger partial charge in [-0.05, 0) is 67.8 Å². The molecule has 0 radical (unpaired) electrons. The number of allylic oxidation sites excluding steroid dienone is 1. The Morgan fingerprint density at radius 3 is 2.47 bits per heavy atom. The Hall–Kier alpha value is -2.37. The number of rotatable bonds is 4. The minimum Gasteiger partial charge on any atom is -0.508 e. The Kier molecular flexibility index (Phi) is 6.59. The number of ether oxygens (including phenoxy) is 2. The fourth-order valence-corrected chi connectivity index (χ4v) is 5.37. The zero-order chi connectivity index (χ0) is 23.0. The van der Waals surface area contributed by atoms with Gasteiger partial charge in [-0.25, -0.2) is 0 Å². The third-order valence-electron chi connectivity index (χ3n) is 4.94. The number of aromatic hydroxyl groups is 1. The van der Waals surface area contributed by atoms with Crippen molar-refractivity contribution in [2.75, 3.05) is 0 Å². The largest absolute Gasteiger partial charge is 0.508 e. The lowest BCUT2D eigenvalue weighted by atomic mass is 9.83. The van der Waals surface area contributed by atoms with Gasteiger partial charge in [0.05, 0.1) is 14.9 Å². The minimum absolute atomic E-state index is 0.000511. The Bertz CT molecular complexity index is 1280. The second-order valence-corrected chi connectivity index (χ2v) is 9.54. The van der Waals surface area contributed by atoms with Crippen LogP contribution in [0.4, 0.5) is 0 Å². The summed E-state index contributed by atoms with van der Waals surface area (Å²) in [5.41, 5.74) is 8.58. The first-order chi connectivity index (χ1) is 15.3. The molecule has 3 aromatic rings. The van der Waals surface area contributed by atoms with Crippen molar-refractivity contribution in [2.24, 2.45) is 5.73 Å². The van der Waals surface area contributed by atoms with E-state index in [2.05, 4.69) is 37.9 Å². The van der Waals surface area contributed by atoms with Crippen LogP contribution < -0.4 is 15.2 Å². The van der Waals surface area contributed by atoms with E-state index < -0.39 is 5.92 Å². The van der Waals surface area contributed by atoms with Crippen LogP contribution in [0.3, 0.4) is 0 Å². The minimum atomic E-state index is -0.475. The van der Waals surface area contributed by atoms with E-state index in [4.69, 9.17) is 38.4 Å². The van der Waals surface area contributed by atoms with Crippen LogP contribution in [0, 0.1) is 11.3 Å². The van der Waals surface area contributed by atoms with Crippen LogP contribution in [-0.2, 0) is 6.61 Å². The van der Waals surface area contributed by atoms with Crippen LogP contribution in [0.1, 0.15) is 22.6 Å². The van der Waals surface area contributed by atoms with Crippen molar-refractivity contribution in [3.63, 3.8) is 0 Å². The molecular formula is C23H14Br2Cl2N2O3. The predicted octanol–water partition coefficient (Wildman–Crippen LogP) is 7.02. The normalized spacial score (nSPS) is 15.0. The maximum atomic E-state index is 9.82. The number of benzene rings is 3. The summed E-state index contributed by atoms with van der Waals surface area (Å²) in [7, 11) is 0. The average Bonchev–Trinajstić information content (AvgIpc) is 2.73. The maximum Gasteiger partial charge on any atom is 0.205 e. The topological polar surface area (TPSA) is 88.5 Å². The summed E-state index contributed by atoms with van der Waals surface area (Å²) < 4.78 is 12.9. The summed E-state index contributed by atoms with van der Waals surface area (Å²) in [5, 5.41) is 20.6. The van der Waals surface area contributed by atoms with Gasteiger partial charge < -0.3 is 20.3 Å². The van der Waals surface area contributed by atoms with Crippen LogP contribution >= 0.6 is 55.1 Å². The van der Waals surface area contributed by atoms with E-state index in [-0.39, 0.29) is 23.8 Å². The van der Waals surface area contributed by atoms with Crippen LogP contribution in [0.15, 0.2) is 68.9 Å². The summed E-state index contributed by atoms with van der Waals surface area (Å²) in [6.45, 7) is 0.238. The van der Waals surface area contributed by atoms with Crippen molar-refractivity contribution in [3.8, 4) is 23.3 Å². The summed E-state index contributed by atoms with van der Waals surface area (Å²) in [6.07, 6.45) is 0. The van der Waals surface area contributed by atoms with E-state index in [0.29, 0.717) is 36.1 Å². The van der Waals surface area contributed by atoms with Gasteiger partial charge in [0.25, 0.3) is 0 Å². The molecule has 1 aliphatic heterocycles. The monoisotopic (exact) mass is 594 g/mol. The van der Waals surface area contributed by atoms with E-state index in [0.717, 1.165) is 11.1 Å².